The number of nitrogens with zero attached hydrogens (tertiary/aromatic N) is 2. The number of carbonyl (C=O) groups is 7. The van der Waals surface area contributed by atoms with Crippen molar-refractivity contribution in [3.05, 3.63) is 95.6 Å². The fourth-order valence-electron chi connectivity index (χ4n) is 7.06. The number of benzene rings is 3. The maximum Gasteiger partial charge on any atom is 0.326 e. The molecule has 20 nitrogen and oxygen atoms in total. The highest BCUT2D eigenvalue weighted by atomic mass is 32.1. The molecule has 14 N–H and O–H groups in total. The Labute approximate surface area is 381 Å². The van der Waals surface area contributed by atoms with Crippen LogP contribution in [-0.4, -0.2) is 129 Å². The maximum atomic E-state index is 14.5. The highest BCUT2D eigenvalue weighted by Gasteiger charge is 2.40. The number of likely N-dealkylation sites (tertiary alicyclic amines) is 1. The van der Waals surface area contributed by atoms with Crippen LogP contribution in [0.15, 0.2) is 83.9 Å². The molecule has 1 aliphatic heterocycles. The number of thiol groups is 1. The number of phenols is 2. The fourth-order valence-corrected chi connectivity index (χ4v) is 7.32. The van der Waals surface area contributed by atoms with E-state index in [9.17, 15) is 48.9 Å². The zero-order valence-electron chi connectivity index (χ0n) is 35.9. The summed E-state index contributed by atoms with van der Waals surface area (Å²) < 4.78 is 0. The van der Waals surface area contributed by atoms with Gasteiger partial charge < -0.3 is 64.0 Å². The van der Waals surface area contributed by atoms with Gasteiger partial charge in [-0.05, 0) is 80.0 Å². The zero-order chi connectivity index (χ0) is 47.6. The van der Waals surface area contributed by atoms with Gasteiger partial charge >= 0.3 is 5.97 Å². The van der Waals surface area contributed by atoms with Crippen LogP contribution in [0, 0.1) is 0 Å². The minimum Gasteiger partial charge on any atom is -0.508 e. The van der Waals surface area contributed by atoms with E-state index in [4.69, 9.17) is 17.2 Å². The molecule has 1 aliphatic rings. The molecule has 65 heavy (non-hydrogen) atoms. The summed E-state index contributed by atoms with van der Waals surface area (Å²) in [4.78, 5) is 99.5. The number of nitrogens with two attached hydrogens (primary N) is 3. The summed E-state index contributed by atoms with van der Waals surface area (Å²) in [7, 11) is 0. The van der Waals surface area contributed by atoms with Crippen LogP contribution in [0.4, 0.5) is 0 Å². The van der Waals surface area contributed by atoms with Crippen LogP contribution >= 0.6 is 12.6 Å². The average molecular weight is 919 g/mol. The summed E-state index contributed by atoms with van der Waals surface area (Å²) >= 11 is 4.26. The second kappa shape index (κ2) is 24.8. The lowest BCUT2D eigenvalue weighted by atomic mass is 10.0. The van der Waals surface area contributed by atoms with Gasteiger partial charge in [0.15, 0.2) is 5.96 Å². The zero-order valence-corrected chi connectivity index (χ0v) is 36.8. The Morgan fingerprint density at radius 2 is 1.25 bits per heavy atom. The molecule has 0 aliphatic carbocycles. The maximum absolute atomic E-state index is 14.5. The lowest BCUT2D eigenvalue weighted by Gasteiger charge is -2.31. The van der Waals surface area contributed by atoms with Gasteiger partial charge in [-0.1, -0.05) is 54.6 Å². The van der Waals surface area contributed by atoms with E-state index in [1.807, 2.05) is 30.3 Å². The number of nitrogens with one attached hydrogen (secondary N) is 5. The molecule has 0 saturated carbocycles. The Hall–Kier alpha value is -6.87. The number of rotatable bonds is 23. The largest absolute Gasteiger partial charge is 0.508 e. The third-order valence-electron chi connectivity index (χ3n) is 10.6. The highest BCUT2D eigenvalue weighted by molar-refractivity contribution is 7.80. The number of phenolic OH excluding ortho intramolecular Hbond substituents is 2. The molecule has 6 amide bonds. The van der Waals surface area contributed by atoms with Crippen LogP contribution in [0.25, 0.3) is 0 Å². The molecule has 21 heteroatoms. The van der Waals surface area contributed by atoms with Gasteiger partial charge in [-0.3, -0.25) is 33.8 Å². The Kier molecular flexibility index (Phi) is 19.4. The van der Waals surface area contributed by atoms with E-state index in [1.54, 1.807) is 12.1 Å². The Morgan fingerprint density at radius 3 is 1.82 bits per heavy atom. The van der Waals surface area contributed by atoms with Gasteiger partial charge in [0, 0.05) is 31.7 Å². The van der Waals surface area contributed by atoms with Gasteiger partial charge in [-0.25, -0.2) is 4.79 Å². The first kappa shape index (κ1) is 50.8. The van der Waals surface area contributed by atoms with E-state index in [1.165, 1.54) is 48.2 Å². The van der Waals surface area contributed by atoms with Crippen molar-refractivity contribution in [2.24, 2.45) is 22.2 Å². The minimum absolute atomic E-state index is 0.00341. The SMILES string of the molecule is C[C@H](NC(=O)[C@@H](N)Cc1ccccc1)C(=O)N[C@@H](CS)C(=O)N[C@@H](Cc1ccc(O)cc1)C(=O)N[C@@H](Cc1ccc(O)cc1)C(=O)N1CCC[C@H]1C(=O)N[C@@H](CCCN=C(N)N)C(=O)O. The number of aliphatic carboxylic acids is 1. The van der Waals surface area contributed by atoms with Gasteiger partial charge in [0.2, 0.25) is 35.4 Å². The number of carboxylic acids is 1. The first-order valence-electron chi connectivity index (χ1n) is 21.0. The quantitative estimate of drug-likeness (QED) is 0.0234. The molecule has 1 fully saturated rings. The van der Waals surface area contributed by atoms with Gasteiger partial charge in [0.25, 0.3) is 0 Å². The van der Waals surface area contributed by atoms with Crippen LogP contribution in [-0.2, 0) is 52.8 Å². The molecule has 0 bridgehead atoms. The van der Waals surface area contributed by atoms with E-state index in [2.05, 4.69) is 44.2 Å². The van der Waals surface area contributed by atoms with Crippen molar-refractivity contribution < 1.29 is 48.9 Å². The summed E-state index contributed by atoms with van der Waals surface area (Å²) in [6.07, 6.45) is 0.802. The molecule has 3 aromatic carbocycles. The fraction of sp³-hybridized carbons (Fsp3) is 0.409. The standard InChI is InChI=1S/C44H58N10O10S/c1-25(49-38(58)31(45)21-26-7-3-2-4-8-26)37(57)53-35(24-65)40(60)51-33(22-27-11-15-29(55)16-12-27)39(59)52-34(23-28-13-17-30(56)18-14-28)42(62)54-20-6-10-36(54)41(61)50-32(43(63)64)9-5-19-48-44(46)47/h2-4,7-8,11-18,25,31-36,55-56,65H,5-6,9-10,19-24,45H2,1H3,(H,49,58)(H,50,61)(H,51,60)(H,52,59)(H,53,57)(H,63,64)(H4,46,47,48)/t25-,31-,32-,33-,34-,35-,36-/m0/s1. The van der Waals surface area contributed by atoms with Gasteiger partial charge in [-0.2, -0.15) is 12.6 Å². The summed E-state index contributed by atoms with van der Waals surface area (Å²) in [6, 6.07) is 12.3. The molecule has 7 atom stereocenters. The predicted octanol–water partition coefficient (Wildman–Crippen LogP) is -1.04. The first-order chi connectivity index (χ1) is 30.9. The van der Waals surface area contributed by atoms with Crippen molar-refractivity contribution >= 4 is 60.0 Å². The van der Waals surface area contributed by atoms with Crippen LogP contribution in [0.2, 0.25) is 0 Å². The molecule has 4 rings (SSSR count). The number of carboxylic acid groups (broad SMARTS) is 1. The number of carbonyl (C=O) groups excluding carboxylic acids is 6. The molecule has 1 saturated heterocycles. The normalized spacial score (nSPS) is 16.0. The van der Waals surface area contributed by atoms with Crippen LogP contribution in [0.5, 0.6) is 11.5 Å². The molecule has 3 aromatic rings. The number of hydrogen-bond acceptors (Lipinski definition) is 12. The molecular formula is C44H58N10O10S. The topological polar surface area (TPSA) is 334 Å². The minimum atomic E-state index is -1.39. The molecule has 1 heterocycles. The second-order valence-electron chi connectivity index (χ2n) is 15.7. The average Bonchev–Trinajstić information content (AvgIpc) is 3.77. The van der Waals surface area contributed by atoms with E-state index >= 15 is 0 Å². The summed E-state index contributed by atoms with van der Waals surface area (Å²) in [5.74, 6) is -6.13. The Bertz CT molecular complexity index is 2140. The van der Waals surface area contributed by atoms with E-state index in [0.717, 1.165) is 5.56 Å². The molecular weight excluding hydrogens is 861 g/mol. The first-order valence-corrected chi connectivity index (χ1v) is 21.7. The monoisotopic (exact) mass is 918 g/mol. The second-order valence-corrected chi connectivity index (χ2v) is 16.0. The summed E-state index contributed by atoms with van der Waals surface area (Å²) in [5.41, 5.74) is 18.6. The third kappa shape index (κ3) is 16.0. The van der Waals surface area contributed by atoms with Gasteiger partial charge in [-0.15, -0.1) is 0 Å². The van der Waals surface area contributed by atoms with Crippen LogP contribution in [0.1, 0.15) is 49.3 Å². The Balaban J connectivity index is 1.53. The van der Waals surface area contributed by atoms with Gasteiger partial charge in [0.1, 0.15) is 47.8 Å². The molecule has 0 aromatic heterocycles. The number of aromatic hydroxyl groups is 2. The highest BCUT2D eigenvalue weighted by Crippen LogP contribution is 2.22. The number of amides is 6. The predicted molar refractivity (Wildman–Crippen MR) is 243 cm³/mol. The molecule has 0 unspecified atom stereocenters. The molecule has 350 valence electrons. The van der Waals surface area contributed by atoms with Crippen molar-refractivity contribution in [1.29, 1.82) is 0 Å². The van der Waals surface area contributed by atoms with Crippen molar-refractivity contribution in [2.45, 2.75) is 94.2 Å². The number of hydrogen-bond donors (Lipinski definition) is 12. The number of aliphatic imine (C=N–C) groups is 1. The smallest absolute Gasteiger partial charge is 0.326 e. The molecule has 0 radical (unpaired) electrons. The third-order valence-corrected chi connectivity index (χ3v) is 11.0. The van der Waals surface area contributed by atoms with E-state index in [-0.39, 0.29) is 74.8 Å². The summed E-state index contributed by atoms with van der Waals surface area (Å²) in [6.45, 7) is 1.66. The van der Waals surface area contributed by atoms with Gasteiger partial charge in [0.05, 0.1) is 6.04 Å². The summed E-state index contributed by atoms with van der Waals surface area (Å²) in [5, 5.41) is 42.7. The lowest BCUT2D eigenvalue weighted by molar-refractivity contribution is -0.145. The van der Waals surface area contributed by atoms with Crippen LogP contribution < -0.4 is 43.8 Å². The van der Waals surface area contributed by atoms with Crippen molar-refractivity contribution in [1.82, 2.24) is 31.5 Å². The van der Waals surface area contributed by atoms with Crippen molar-refractivity contribution in [3.8, 4) is 11.5 Å². The van der Waals surface area contributed by atoms with Crippen molar-refractivity contribution in [3.63, 3.8) is 0 Å². The molecule has 0 spiro atoms. The van der Waals surface area contributed by atoms with Crippen molar-refractivity contribution in [2.75, 3.05) is 18.8 Å². The number of guanidine groups is 1. The van der Waals surface area contributed by atoms with Crippen LogP contribution in [0.3, 0.4) is 0 Å². The lowest BCUT2D eigenvalue weighted by Crippen LogP contribution is -2.60. The van der Waals surface area contributed by atoms with E-state index < -0.39 is 83.7 Å². The Morgan fingerprint density at radius 1 is 0.708 bits per heavy atom. The van der Waals surface area contributed by atoms with E-state index in [0.29, 0.717) is 17.5 Å².